The predicted octanol–water partition coefficient (Wildman–Crippen LogP) is 1.91. The molecular weight excluding hydrogens is 358 g/mol. The van der Waals surface area contributed by atoms with Crippen LogP contribution < -0.4 is 4.74 Å². The van der Waals surface area contributed by atoms with Crippen LogP contribution in [0.3, 0.4) is 0 Å². The highest BCUT2D eigenvalue weighted by Gasteiger charge is 2.61. The molecule has 2 aromatic rings. The molecule has 2 fully saturated rings. The normalized spacial score (nSPS) is 24.3. The van der Waals surface area contributed by atoms with Gasteiger partial charge in [-0.05, 0) is 31.5 Å². The van der Waals surface area contributed by atoms with Crippen LogP contribution in [0.4, 0.5) is 0 Å². The second kappa shape index (κ2) is 6.34. The Labute approximate surface area is 151 Å². The van der Waals surface area contributed by atoms with Gasteiger partial charge in [-0.15, -0.1) is 11.3 Å². The Morgan fingerprint density at radius 2 is 2.08 bits per heavy atom. The second-order valence-corrected chi connectivity index (χ2v) is 10.7. The van der Waals surface area contributed by atoms with Crippen LogP contribution in [0, 0.1) is 12.8 Å². The average molecular weight is 380 g/mol. The first-order valence-corrected chi connectivity index (χ1v) is 10.9. The van der Waals surface area contributed by atoms with Gasteiger partial charge in [0.2, 0.25) is 0 Å². The smallest absolute Gasteiger partial charge is 0.316 e. The zero-order valence-electron chi connectivity index (χ0n) is 14.1. The summed E-state index contributed by atoms with van der Waals surface area (Å²) in [6, 6.07) is 6.27. The number of rotatable bonds is 5. The summed E-state index contributed by atoms with van der Waals surface area (Å²) in [4.78, 5) is 12.9. The largest absolute Gasteiger partial charge is 0.463 e. The highest BCUT2D eigenvalue weighted by atomic mass is 32.2. The standard InChI is InChI=1S/C17H21N3O3S2/c1-13-3-4-15(24-13)9-20-11-17(12-20)14(5-8-25(17,21)22)10-23-16-18-6-2-7-19-16/h2-4,6-7,14H,5,8-12H2,1H3. The molecule has 134 valence electrons. The summed E-state index contributed by atoms with van der Waals surface area (Å²) in [5, 5.41) is 0. The minimum absolute atomic E-state index is 0.00243. The van der Waals surface area contributed by atoms with Gasteiger partial charge in [-0.2, -0.15) is 0 Å². The topological polar surface area (TPSA) is 72.4 Å². The molecule has 2 aliphatic heterocycles. The number of hydrogen-bond donors (Lipinski definition) is 0. The highest BCUT2D eigenvalue weighted by Crippen LogP contribution is 2.45. The molecule has 0 saturated carbocycles. The van der Waals surface area contributed by atoms with E-state index in [0.717, 1.165) is 6.54 Å². The molecule has 4 rings (SSSR count). The lowest BCUT2D eigenvalue weighted by atomic mass is 9.83. The van der Waals surface area contributed by atoms with Gasteiger partial charge < -0.3 is 4.74 Å². The van der Waals surface area contributed by atoms with Gasteiger partial charge >= 0.3 is 6.01 Å². The summed E-state index contributed by atoms with van der Waals surface area (Å²) in [6.07, 6.45) is 3.90. The molecule has 2 aromatic heterocycles. The fourth-order valence-electron chi connectivity index (χ4n) is 3.86. The predicted molar refractivity (Wildman–Crippen MR) is 96.5 cm³/mol. The van der Waals surface area contributed by atoms with E-state index in [-0.39, 0.29) is 11.7 Å². The zero-order chi connectivity index (χ0) is 17.5. The van der Waals surface area contributed by atoms with Crippen molar-refractivity contribution in [1.82, 2.24) is 14.9 Å². The molecule has 1 spiro atoms. The van der Waals surface area contributed by atoms with Crippen LogP contribution in [0.2, 0.25) is 0 Å². The minimum atomic E-state index is -3.08. The maximum Gasteiger partial charge on any atom is 0.316 e. The van der Waals surface area contributed by atoms with Crippen molar-refractivity contribution in [1.29, 1.82) is 0 Å². The third kappa shape index (κ3) is 3.07. The van der Waals surface area contributed by atoms with E-state index < -0.39 is 14.6 Å². The summed E-state index contributed by atoms with van der Waals surface area (Å²) < 4.78 is 30.4. The van der Waals surface area contributed by atoms with Crippen LogP contribution in [0.25, 0.3) is 0 Å². The zero-order valence-corrected chi connectivity index (χ0v) is 15.7. The van der Waals surface area contributed by atoms with E-state index in [0.29, 0.717) is 32.1 Å². The summed E-state index contributed by atoms with van der Waals surface area (Å²) in [5.41, 5.74) is 0. The Kier molecular flexibility index (Phi) is 4.29. The van der Waals surface area contributed by atoms with Crippen LogP contribution in [0.15, 0.2) is 30.6 Å². The van der Waals surface area contributed by atoms with Gasteiger partial charge in [0.05, 0.1) is 12.4 Å². The van der Waals surface area contributed by atoms with E-state index in [9.17, 15) is 8.42 Å². The van der Waals surface area contributed by atoms with E-state index in [1.165, 1.54) is 9.75 Å². The lowest BCUT2D eigenvalue weighted by Gasteiger charge is -2.49. The second-order valence-electron chi connectivity index (χ2n) is 6.87. The molecular formula is C17H21N3O3S2. The molecule has 2 aliphatic rings. The third-order valence-corrected chi connectivity index (χ3v) is 8.80. The van der Waals surface area contributed by atoms with Crippen molar-refractivity contribution in [3.8, 4) is 6.01 Å². The number of nitrogens with zero attached hydrogens (tertiary/aromatic N) is 3. The lowest BCUT2D eigenvalue weighted by molar-refractivity contribution is 0.0580. The SMILES string of the molecule is Cc1ccc(CN2CC3(C2)C(COc2ncccn2)CCS3(=O)=O)s1. The lowest BCUT2D eigenvalue weighted by Crippen LogP contribution is -2.67. The molecule has 1 unspecified atom stereocenters. The Bertz CT molecular complexity index is 845. The maximum absolute atomic E-state index is 12.7. The summed E-state index contributed by atoms with van der Waals surface area (Å²) in [5.74, 6) is 0.255. The minimum Gasteiger partial charge on any atom is -0.463 e. The summed E-state index contributed by atoms with van der Waals surface area (Å²) in [6.45, 7) is 4.46. The van der Waals surface area contributed by atoms with E-state index in [2.05, 4.69) is 33.9 Å². The Balaban J connectivity index is 1.43. The van der Waals surface area contributed by atoms with E-state index in [1.54, 1.807) is 29.8 Å². The molecule has 1 atom stereocenters. The van der Waals surface area contributed by atoms with Crippen molar-refractivity contribution in [2.45, 2.75) is 24.6 Å². The molecule has 4 heterocycles. The van der Waals surface area contributed by atoms with Gasteiger partial charge in [-0.3, -0.25) is 4.90 Å². The van der Waals surface area contributed by atoms with Gasteiger partial charge in [0.1, 0.15) is 4.75 Å². The van der Waals surface area contributed by atoms with Gasteiger partial charge in [0.15, 0.2) is 9.84 Å². The van der Waals surface area contributed by atoms with Gasteiger partial charge in [-0.1, -0.05) is 0 Å². The van der Waals surface area contributed by atoms with Crippen LogP contribution in [0.1, 0.15) is 16.2 Å². The fraction of sp³-hybridized carbons (Fsp3) is 0.529. The molecule has 0 aliphatic carbocycles. The van der Waals surface area contributed by atoms with Crippen LogP contribution in [-0.4, -0.2) is 53.5 Å². The first kappa shape index (κ1) is 16.9. The van der Waals surface area contributed by atoms with E-state index in [4.69, 9.17) is 4.74 Å². The molecule has 8 heteroatoms. The monoisotopic (exact) mass is 379 g/mol. The summed E-state index contributed by atoms with van der Waals surface area (Å²) in [7, 11) is -3.08. The van der Waals surface area contributed by atoms with Crippen molar-refractivity contribution < 1.29 is 13.2 Å². The quantitative estimate of drug-likeness (QED) is 0.790. The number of ether oxygens (including phenoxy) is 1. The first-order chi connectivity index (χ1) is 12.0. The van der Waals surface area contributed by atoms with Crippen molar-refractivity contribution in [2.24, 2.45) is 5.92 Å². The summed E-state index contributed by atoms with van der Waals surface area (Å²) >= 11 is 1.77. The average Bonchev–Trinajstić information content (AvgIpc) is 3.08. The Morgan fingerprint density at radius 3 is 2.76 bits per heavy atom. The molecule has 0 amide bonds. The van der Waals surface area contributed by atoms with Crippen molar-refractivity contribution in [3.63, 3.8) is 0 Å². The molecule has 2 saturated heterocycles. The fourth-order valence-corrected chi connectivity index (χ4v) is 7.24. The highest BCUT2D eigenvalue weighted by molar-refractivity contribution is 7.93. The van der Waals surface area contributed by atoms with Crippen LogP contribution in [0.5, 0.6) is 6.01 Å². The van der Waals surface area contributed by atoms with Crippen molar-refractivity contribution in [2.75, 3.05) is 25.4 Å². The van der Waals surface area contributed by atoms with E-state index >= 15 is 0 Å². The third-order valence-electron chi connectivity index (χ3n) is 5.21. The van der Waals surface area contributed by atoms with Gasteiger partial charge in [0, 0.05) is 47.7 Å². The molecule has 6 nitrogen and oxygen atoms in total. The number of thiophene rings is 1. The van der Waals surface area contributed by atoms with Crippen molar-refractivity contribution >= 4 is 21.2 Å². The van der Waals surface area contributed by atoms with Crippen molar-refractivity contribution in [3.05, 3.63) is 40.3 Å². The number of hydrogen-bond acceptors (Lipinski definition) is 7. The molecule has 0 N–H and O–H groups in total. The van der Waals surface area contributed by atoms with Crippen LogP contribution >= 0.6 is 11.3 Å². The Hall–Kier alpha value is -1.51. The molecule has 0 aromatic carbocycles. The number of aryl methyl sites for hydroxylation is 1. The molecule has 0 radical (unpaired) electrons. The van der Waals surface area contributed by atoms with E-state index in [1.807, 2.05) is 0 Å². The Morgan fingerprint density at radius 1 is 1.32 bits per heavy atom. The first-order valence-electron chi connectivity index (χ1n) is 8.38. The van der Waals surface area contributed by atoms with Gasteiger partial charge in [0.25, 0.3) is 0 Å². The molecule has 25 heavy (non-hydrogen) atoms. The van der Waals surface area contributed by atoms with Crippen LogP contribution in [-0.2, 0) is 16.4 Å². The number of likely N-dealkylation sites (tertiary alicyclic amines) is 1. The number of sulfone groups is 1. The number of aromatic nitrogens is 2. The molecule has 0 bridgehead atoms. The van der Waals surface area contributed by atoms with Gasteiger partial charge in [-0.25, -0.2) is 18.4 Å². The maximum atomic E-state index is 12.7.